The number of nitrogens with one attached hydrogen (secondary N) is 1. The first kappa shape index (κ1) is 19.3. The van der Waals surface area contributed by atoms with E-state index in [-0.39, 0.29) is 18.3 Å². The lowest BCUT2D eigenvalue weighted by Gasteiger charge is -2.07. The number of rotatable bonds is 8. The zero-order valence-corrected chi connectivity index (χ0v) is 16.3. The van der Waals surface area contributed by atoms with Crippen molar-refractivity contribution < 1.29 is 13.9 Å². The van der Waals surface area contributed by atoms with Crippen LogP contribution in [0.3, 0.4) is 0 Å². The number of amides is 1. The Morgan fingerprint density at radius 3 is 2.89 bits per heavy atom. The predicted molar refractivity (Wildman–Crippen MR) is 103 cm³/mol. The fourth-order valence-electron chi connectivity index (χ4n) is 2.44. The van der Waals surface area contributed by atoms with Crippen LogP contribution in [0, 0.1) is 6.92 Å². The number of furan rings is 1. The molecule has 0 radical (unpaired) electrons. The summed E-state index contributed by atoms with van der Waals surface area (Å²) in [7, 11) is 0. The van der Waals surface area contributed by atoms with Crippen LogP contribution in [0.1, 0.15) is 28.4 Å². The van der Waals surface area contributed by atoms with E-state index in [0.29, 0.717) is 28.1 Å². The minimum atomic E-state index is -0.265. The SMILES string of the molecule is Cc1ccn(CCCNC(=O)c2ccc(COc3cccc(Cl)c3Cl)o2)n1. The van der Waals surface area contributed by atoms with Gasteiger partial charge in [0.1, 0.15) is 23.1 Å². The van der Waals surface area contributed by atoms with E-state index in [2.05, 4.69) is 10.4 Å². The highest BCUT2D eigenvalue weighted by Crippen LogP contribution is 2.32. The molecule has 0 spiro atoms. The van der Waals surface area contributed by atoms with Crippen LogP contribution in [0.5, 0.6) is 5.75 Å². The molecule has 0 aliphatic rings. The number of carbonyl (C=O) groups excluding carboxylic acids is 1. The fourth-order valence-corrected chi connectivity index (χ4v) is 2.79. The fraction of sp³-hybridized carbons (Fsp3) is 0.263. The van der Waals surface area contributed by atoms with Gasteiger partial charge in [-0.25, -0.2) is 0 Å². The number of carbonyl (C=O) groups is 1. The van der Waals surface area contributed by atoms with Gasteiger partial charge in [0.15, 0.2) is 5.76 Å². The Morgan fingerprint density at radius 2 is 2.11 bits per heavy atom. The predicted octanol–water partition coefficient (Wildman–Crippen LogP) is 4.49. The molecule has 6 nitrogen and oxygen atoms in total. The van der Waals surface area contributed by atoms with Crippen LogP contribution in [0.2, 0.25) is 10.0 Å². The maximum absolute atomic E-state index is 12.1. The van der Waals surface area contributed by atoms with E-state index in [1.165, 1.54) is 0 Å². The summed E-state index contributed by atoms with van der Waals surface area (Å²) in [5.74, 6) is 0.947. The highest BCUT2D eigenvalue weighted by atomic mass is 35.5. The van der Waals surface area contributed by atoms with Gasteiger partial charge in [0, 0.05) is 19.3 Å². The molecular weight excluding hydrogens is 389 g/mol. The first-order valence-electron chi connectivity index (χ1n) is 8.46. The number of benzene rings is 1. The monoisotopic (exact) mass is 407 g/mol. The Morgan fingerprint density at radius 1 is 1.26 bits per heavy atom. The lowest BCUT2D eigenvalue weighted by Crippen LogP contribution is -2.24. The highest BCUT2D eigenvalue weighted by Gasteiger charge is 2.12. The van der Waals surface area contributed by atoms with E-state index in [9.17, 15) is 4.79 Å². The average molecular weight is 408 g/mol. The maximum atomic E-state index is 12.1. The van der Waals surface area contributed by atoms with Crippen molar-refractivity contribution in [3.8, 4) is 5.75 Å². The van der Waals surface area contributed by atoms with Crippen molar-refractivity contribution in [1.82, 2.24) is 15.1 Å². The molecule has 8 heteroatoms. The summed E-state index contributed by atoms with van der Waals surface area (Å²) in [5, 5.41) is 7.89. The Hall–Kier alpha value is -2.44. The summed E-state index contributed by atoms with van der Waals surface area (Å²) in [5.41, 5.74) is 0.975. The molecule has 3 aromatic rings. The van der Waals surface area contributed by atoms with Gasteiger partial charge in [-0.05, 0) is 43.7 Å². The quantitative estimate of drug-likeness (QED) is 0.558. The van der Waals surface area contributed by atoms with Gasteiger partial charge in [0.25, 0.3) is 5.91 Å². The van der Waals surface area contributed by atoms with Gasteiger partial charge in [0.2, 0.25) is 0 Å². The lowest BCUT2D eigenvalue weighted by molar-refractivity contribution is 0.0921. The van der Waals surface area contributed by atoms with Crippen molar-refractivity contribution in [2.75, 3.05) is 6.54 Å². The van der Waals surface area contributed by atoms with Gasteiger partial charge in [-0.2, -0.15) is 5.10 Å². The molecule has 1 N–H and O–H groups in total. The average Bonchev–Trinajstić information content (AvgIpc) is 3.29. The third kappa shape index (κ3) is 5.28. The first-order chi connectivity index (χ1) is 13.0. The van der Waals surface area contributed by atoms with E-state index in [1.54, 1.807) is 30.3 Å². The van der Waals surface area contributed by atoms with Gasteiger partial charge in [-0.15, -0.1) is 0 Å². The molecular formula is C19H19Cl2N3O3. The summed E-state index contributed by atoms with van der Waals surface area (Å²) in [6.45, 7) is 3.36. The van der Waals surface area contributed by atoms with Crippen molar-refractivity contribution in [2.45, 2.75) is 26.5 Å². The van der Waals surface area contributed by atoms with Gasteiger partial charge in [-0.1, -0.05) is 29.3 Å². The second kappa shape index (κ2) is 8.97. The molecule has 0 saturated carbocycles. The van der Waals surface area contributed by atoms with Crippen LogP contribution in [-0.4, -0.2) is 22.2 Å². The van der Waals surface area contributed by atoms with Crippen LogP contribution in [0.15, 0.2) is 47.0 Å². The van der Waals surface area contributed by atoms with Crippen molar-refractivity contribution in [3.63, 3.8) is 0 Å². The van der Waals surface area contributed by atoms with Gasteiger partial charge in [0.05, 0.1) is 10.7 Å². The Balaban J connectivity index is 1.45. The smallest absolute Gasteiger partial charge is 0.286 e. The zero-order valence-electron chi connectivity index (χ0n) is 14.7. The molecule has 2 aromatic heterocycles. The first-order valence-corrected chi connectivity index (χ1v) is 9.22. The molecule has 1 aromatic carbocycles. The van der Waals surface area contributed by atoms with E-state index in [4.69, 9.17) is 32.4 Å². The Labute approximate surface area is 167 Å². The summed E-state index contributed by atoms with van der Waals surface area (Å²) in [6.07, 6.45) is 2.69. The van der Waals surface area contributed by atoms with Crippen molar-refractivity contribution >= 4 is 29.1 Å². The standard InChI is InChI=1S/C19H19Cl2N3O3/c1-13-8-11-24(23-13)10-3-9-22-19(25)17-7-6-14(27-17)12-26-16-5-2-4-15(20)18(16)21/h2,4-8,11H,3,9-10,12H2,1H3,(H,22,25). The summed E-state index contributed by atoms with van der Waals surface area (Å²) in [6, 6.07) is 10.4. The molecule has 0 aliphatic heterocycles. The van der Waals surface area contributed by atoms with E-state index < -0.39 is 0 Å². The van der Waals surface area contributed by atoms with E-state index in [0.717, 1.165) is 18.7 Å². The minimum absolute atomic E-state index is 0.145. The molecule has 27 heavy (non-hydrogen) atoms. The van der Waals surface area contributed by atoms with Gasteiger partial charge < -0.3 is 14.5 Å². The van der Waals surface area contributed by atoms with Crippen LogP contribution in [-0.2, 0) is 13.2 Å². The molecule has 0 unspecified atom stereocenters. The zero-order chi connectivity index (χ0) is 19.2. The number of nitrogens with zero attached hydrogens (tertiary/aromatic N) is 2. The summed E-state index contributed by atoms with van der Waals surface area (Å²) < 4.78 is 13.0. The molecule has 0 fully saturated rings. The Kier molecular flexibility index (Phi) is 6.42. The molecule has 3 rings (SSSR count). The minimum Gasteiger partial charge on any atom is -0.484 e. The van der Waals surface area contributed by atoms with Crippen LogP contribution in [0.25, 0.3) is 0 Å². The number of hydrogen-bond donors (Lipinski definition) is 1. The molecule has 0 atom stereocenters. The van der Waals surface area contributed by atoms with Crippen LogP contribution < -0.4 is 10.1 Å². The summed E-state index contributed by atoms with van der Waals surface area (Å²) in [4.78, 5) is 12.1. The van der Waals surface area contributed by atoms with E-state index in [1.807, 2.05) is 23.9 Å². The Bertz CT molecular complexity index is 921. The highest BCUT2D eigenvalue weighted by molar-refractivity contribution is 6.42. The number of aromatic nitrogens is 2. The summed E-state index contributed by atoms with van der Waals surface area (Å²) >= 11 is 12.0. The molecule has 142 valence electrons. The molecule has 1 amide bonds. The number of aryl methyl sites for hydroxylation is 2. The van der Waals surface area contributed by atoms with Crippen molar-refractivity contribution in [1.29, 1.82) is 0 Å². The normalized spacial score (nSPS) is 10.8. The molecule has 2 heterocycles. The molecule has 0 aliphatic carbocycles. The molecule has 0 bridgehead atoms. The third-order valence-corrected chi connectivity index (χ3v) is 4.60. The second-order valence-electron chi connectivity index (χ2n) is 5.94. The van der Waals surface area contributed by atoms with Gasteiger partial charge >= 0.3 is 0 Å². The lowest BCUT2D eigenvalue weighted by atomic mass is 10.3. The topological polar surface area (TPSA) is 69.3 Å². The second-order valence-corrected chi connectivity index (χ2v) is 6.72. The number of hydrogen-bond acceptors (Lipinski definition) is 4. The van der Waals surface area contributed by atoms with Crippen molar-refractivity contribution in [2.24, 2.45) is 0 Å². The van der Waals surface area contributed by atoms with Crippen LogP contribution >= 0.6 is 23.2 Å². The van der Waals surface area contributed by atoms with E-state index >= 15 is 0 Å². The van der Waals surface area contributed by atoms with Crippen LogP contribution in [0.4, 0.5) is 0 Å². The number of halogens is 2. The third-order valence-electron chi connectivity index (χ3n) is 3.80. The van der Waals surface area contributed by atoms with Crippen molar-refractivity contribution in [3.05, 3.63) is 69.9 Å². The maximum Gasteiger partial charge on any atom is 0.286 e. The van der Waals surface area contributed by atoms with Gasteiger partial charge in [-0.3, -0.25) is 9.48 Å². The number of ether oxygens (including phenoxy) is 1. The molecule has 0 saturated heterocycles. The largest absolute Gasteiger partial charge is 0.484 e.